The highest BCUT2D eigenvalue weighted by Gasteiger charge is 2.18. The molecule has 0 aliphatic heterocycles. The van der Waals surface area contributed by atoms with E-state index in [9.17, 15) is 9.59 Å². The van der Waals surface area contributed by atoms with E-state index in [1.54, 1.807) is 32.2 Å². The molecule has 0 saturated carbocycles. The Morgan fingerprint density at radius 2 is 2.06 bits per heavy atom. The van der Waals surface area contributed by atoms with E-state index in [-0.39, 0.29) is 12.3 Å². The SMILES string of the molecule is COc1ccsc1C(=O)CNC(=O)OC(C)(C)C. The molecule has 5 nitrogen and oxygen atoms in total. The topological polar surface area (TPSA) is 64.6 Å². The summed E-state index contributed by atoms with van der Waals surface area (Å²) in [5, 5.41) is 4.18. The van der Waals surface area contributed by atoms with Crippen LogP contribution in [0.4, 0.5) is 4.79 Å². The average Bonchev–Trinajstić information content (AvgIpc) is 2.71. The van der Waals surface area contributed by atoms with E-state index in [0.717, 1.165) is 0 Å². The van der Waals surface area contributed by atoms with Crippen molar-refractivity contribution in [2.75, 3.05) is 13.7 Å². The number of hydrogen-bond donors (Lipinski definition) is 1. The quantitative estimate of drug-likeness (QED) is 0.854. The Balaban J connectivity index is 2.49. The van der Waals surface area contributed by atoms with Crippen molar-refractivity contribution in [3.63, 3.8) is 0 Å². The molecule has 0 radical (unpaired) electrons. The van der Waals surface area contributed by atoms with Gasteiger partial charge in [0.05, 0.1) is 13.7 Å². The molecule has 0 unspecified atom stereocenters. The number of thiophene rings is 1. The molecule has 0 aromatic carbocycles. The molecular weight excluding hydrogens is 254 g/mol. The molecule has 1 aromatic heterocycles. The first-order valence-corrected chi connectivity index (χ1v) is 6.33. The van der Waals surface area contributed by atoms with Crippen LogP contribution in [0.5, 0.6) is 5.75 Å². The Kier molecular flexibility index (Phi) is 4.72. The zero-order valence-corrected chi connectivity index (χ0v) is 11.7. The zero-order valence-electron chi connectivity index (χ0n) is 10.9. The number of rotatable bonds is 4. The van der Waals surface area contributed by atoms with Gasteiger partial charge in [-0.25, -0.2) is 4.79 Å². The monoisotopic (exact) mass is 271 g/mol. The van der Waals surface area contributed by atoms with Gasteiger partial charge in [-0.15, -0.1) is 11.3 Å². The number of Topliss-reactive ketones (excluding diaryl/α,β-unsaturated/α-hetero) is 1. The summed E-state index contributed by atoms with van der Waals surface area (Å²) in [6, 6.07) is 1.71. The van der Waals surface area contributed by atoms with Crippen LogP contribution >= 0.6 is 11.3 Å². The summed E-state index contributed by atoms with van der Waals surface area (Å²) < 4.78 is 10.1. The average molecular weight is 271 g/mol. The van der Waals surface area contributed by atoms with Gasteiger partial charge in [0.25, 0.3) is 0 Å². The third-order valence-corrected chi connectivity index (χ3v) is 2.83. The van der Waals surface area contributed by atoms with E-state index in [2.05, 4.69) is 5.32 Å². The van der Waals surface area contributed by atoms with Crippen LogP contribution in [-0.2, 0) is 4.74 Å². The highest BCUT2D eigenvalue weighted by Crippen LogP contribution is 2.24. The molecule has 0 fully saturated rings. The lowest BCUT2D eigenvalue weighted by Gasteiger charge is -2.19. The summed E-state index contributed by atoms with van der Waals surface area (Å²) >= 11 is 1.28. The van der Waals surface area contributed by atoms with E-state index < -0.39 is 11.7 Å². The summed E-state index contributed by atoms with van der Waals surface area (Å²) in [5.74, 6) is 0.323. The summed E-state index contributed by atoms with van der Waals surface area (Å²) in [5.41, 5.74) is -0.576. The van der Waals surface area contributed by atoms with Gasteiger partial charge in [-0.1, -0.05) is 0 Å². The molecule has 1 N–H and O–H groups in total. The normalized spacial score (nSPS) is 10.9. The van der Waals surface area contributed by atoms with Crippen molar-refractivity contribution in [1.82, 2.24) is 5.32 Å². The first-order chi connectivity index (χ1) is 8.33. The van der Waals surface area contributed by atoms with Crippen LogP contribution in [0.1, 0.15) is 30.4 Å². The van der Waals surface area contributed by atoms with Crippen LogP contribution < -0.4 is 10.1 Å². The molecule has 0 spiro atoms. The maximum absolute atomic E-state index is 11.8. The fourth-order valence-corrected chi connectivity index (χ4v) is 2.01. The van der Waals surface area contributed by atoms with Crippen molar-refractivity contribution >= 4 is 23.2 Å². The van der Waals surface area contributed by atoms with E-state index in [4.69, 9.17) is 9.47 Å². The van der Waals surface area contributed by atoms with Gasteiger partial charge in [0.2, 0.25) is 0 Å². The first kappa shape index (κ1) is 14.5. The smallest absolute Gasteiger partial charge is 0.408 e. The van der Waals surface area contributed by atoms with Crippen molar-refractivity contribution in [2.45, 2.75) is 26.4 Å². The van der Waals surface area contributed by atoms with Crippen molar-refractivity contribution in [1.29, 1.82) is 0 Å². The van der Waals surface area contributed by atoms with E-state index in [1.165, 1.54) is 18.4 Å². The third kappa shape index (κ3) is 4.37. The Morgan fingerprint density at radius 1 is 1.39 bits per heavy atom. The van der Waals surface area contributed by atoms with Crippen LogP contribution in [0.3, 0.4) is 0 Å². The molecule has 18 heavy (non-hydrogen) atoms. The fraction of sp³-hybridized carbons (Fsp3) is 0.500. The molecule has 1 aromatic rings. The van der Waals surface area contributed by atoms with E-state index >= 15 is 0 Å². The number of ether oxygens (including phenoxy) is 2. The van der Waals surface area contributed by atoms with Crippen molar-refractivity contribution in [2.24, 2.45) is 0 Å². The van der Waals surface area contributed by atoms with Gasteiger partial charge >= 0.3 is 6.09 Å². The molecular formula is C12H17NO4S. The summed E-state index contributed by atoms with van der Waals surface area (Å²) in [4.78, 5) is 23.7. The van der Waals surface area contributed by atoms with Gasteiger partial charge < -0.3 is 14.8 Å². The maximum Gasteiger partial charge on any atom is 0.408 e. The number of nitrogens with one attached hydrogen (secondary N) is 1. The first-order valence-electron chi connectivity index (χ1n) is 5.45. The Bertz CT molecular complexity index is 434. The number of carbonyl (C=O) groups excluding carboxylic acids is 2. The predicted molar refractivity (Wildman–Crippen MR) is 69.4 cm³/mol. The van der Waals surface area contributed by atoms with E-state index in [1.807, 2.05) is 0 Å². The van der Waals surface area contributed by atoms with Gasteiger partial charge in [0, 0.05) is 0 Å². The molecule has 0 aliphatic carbocycles. The largest absolute Gasteiger partial charge is 0.495 e. The Morgan fingerprint density at radius 3 is 2.61 bits per heavy atom. The van der Waals surface area contributed by atoms with Crippen LogP contribution in [0, 0.1) is 0 Å². The standard InChI is InChI=1S/C12H17NO4S/c1-12(2,3)17-11(15)13-7-8(14)10-9(16-4)5-6-18-10/h5-6H,7H2,1-4H3,(H,13,15). The number of amides is 1. The zero-order chi connectivity index (χ0) is 13.8. The second-order valence-electron chi connectivity index (χ2n) is 4.60. The molecule has 1 rings (SSSR count). The van der Waals surface area contributed by atoms with Gasteiger partial charge in [-0.2, -0.15) is 0 Å². The molecule has 1 amide bonds. The maximum atomic E-state index is 11.8. The lowest BCUT2D eigenvalue weighted by molar-refractivity contribution is 0.0520. The van der Waals surface area contributed by atoms with Gasteiger partial charge in [0.15, 0.2) is 5.78 Å². The lowest BCUT2D eigenvalue weighted by Crippen LogP contribution is -2.35. The number of hydrogen-bond acceptors (Lipinski definition) is 5. The minimum atomic E-state index is -0.605. The summed E-state index contributed by atoms with van der Waals surface area (Å²) in [6.45, 7) is 5.18. The number of ketones is 1. The van der Waals surface area contributed by atoms with Crippen LogP contribution in [0.25, 0.3) is 0 Å². The highest BCUT2D eigenvalue weighted by atomic mass is 32.1. The lowest BCUT2D eigenvalue weighted by atomic mass is 10.2. The van der Waals surface area contributed by atoms with Gasteiger partial charge in [0.1, 0.15) is 16.2 Å². The molecule has 0 saturated heterocycles. The van der Waals surface area contributed by atoms with Crippen LogP contribution in [0.2, 0.25) is 0 Å². The highest BCUT2D eigenvalue weighted by molar-refractivity contribution is 7.12. The van der Waals surface area contributed by atoms with E-state index in [0.29, 0.717) is 10.6 Å². The minimum absolute atomic E-state index is 0.105. The van der Waals surface area contributed by atoms with Crippen molar-refractivity contribution in [3.05, 3.63) is 16.3 Å². The van der Waals surface area contributed by atoms with Gasteiger partial charge in [-0.05, 0) is 32.2 Å². The number of carbonyl (C=O) groups is 2. The second-order valence-corrected chi connectivity index (χ2v) is 5.51. The molecule has 0 bridgehead atoms. The molecule has 100 valence electrons. The van der Waals surface area contributed by atoms with Crippen LogP contribution in [0.15, 0.2) is 11.4 Å². The predicted octanol–water partition coefficient (Wildman–Crippen LogP) is 2.46. The molecule has 0 aliphatic rings. The Labute approximate surface area is 110 Å². The molecule has 0 atom stereocenters. The number of methoxy groups -OCH3 is 1. The van der Waals surface area contributed by atoms with Crippen molar-refractivity contribution < 1.29 is 19.1 Å². The second kappa shape index (κ2) is 5.86. The minimum Gasteiger partial charge on any atom is -0.495 e. The Hall–Kier alpha value is -1.56. The molecule has 1 heterocycles. The summed E-state index contributed by atoms with van der Waals surface area (Å²) in [7, 11) is 1.50. The summed E-state index contributed by atoms with van der Waals surface area (Å²) in [6.07, 6.45) is -0.605. The van der Waals surface area contributed by atoms with Gasteiger partial charge in [-0.3, -0.25) is 4.79 Å². The third-order valence-electron chi connectivity index (χ3n) is 1.89. The fourth-order valence-electron chi connectivity index (χ4n) is 1.21. The molecule has 6 heteroatoms. The number of alkyl carbamates (subject to hydrolysis) is 1. The van der Waals surface area contributed by atoms with Crippen molar-refractivity contribution in [3.8, 4) is 5.75 Å². The van der Waals surface area contributed by atoms with Crippen LogP contribution in [-0.4, -0.2) is 31.1 Å².